The number of hydrogen-bond donors (Lipinski definition) is 0. The van der Waals surface area contributed by atoms with Crippen molar-refractivity contribution in [3.63, 3.8) is 0 Å². The Hall–Kier alpha value is -0.760. The number of methoxy groups -OCH3 is 1. The largest absolute Gasteiger partial charge is 0.501 e. The molecule has 0 amide bonds. The first-order chi connectivity index (χ1) is 11.6. The van der Waals surface area contributed by atoms with Crippen LogP contribution >= 0.6 is 0 Å². The van der Waals surface area contributed by atoms with Crippen molar-refractivity contribution < 1.29 is 9.47 Å². The number of allylic oxidation sites excluding steroid dienone is 3. The lowest BCUT2D eigenvalue weighted by Gasteiger charge is -2.53. The van der Waals surface area contributed by atoms with E-state index in [0.717, 1.165) is 43.1 Å². The van der Waals surface area contributed by atoms with E-state index < -0.39 is 0 Å². The molecule has 0 aliphatic heterocycles. The molecule has 5 aliphatic rings. The molecule has 24 heavy (non-hydrogen) atoms. The van der Waals surface area contributed by atoms with E-state index in [1.807, 2.05) is 7.11 Å². The van der Waals surface area contributed by atoms with Gasteiger partial charge in [-0.15, -0.1) is 0 Å². The fourth-order valence-corrected chi connectivity index (χ4v) is 7.51. The summed E-state index contributed by atoms with van der Waals surface area (Å²) in [6.45, 7) is 5.67. The van der Waals surface area contributed by atoms with E-state index in [9.17, 15) is 0 Å². The smallest absolute Gasteiger partial charge is 0.0959 e. The Labute approximate surface area is 146 Å². The molecule has 2 nitrogen and oxygen atoms in total. The molecule has 132 valence electrons. The molecule has 0 aromatic heterocycles. The Morgan fingerprint density at radius 3 is 2.96 bits per heavy atom. The van der Waals surface area contributed by atoms with Gasteiger partial charge >= 0.3 is 0 Å². The second-order valence-corrected chi connectivity index (χ2v) is 9.22. The van der Waals surface area contributed by atoms with Crippen LogP contribution in [-0.4, -0.2) is 19.3 Å². The van der Waals surface area contributed by atoms with Gasteiger partial charge in [-0.2, -0.15) is 0 Å². The SMILES string of the molecule is CCO[C@@]12C[C@@H]1C[C@H]1[C@@H]3CCC4=C(CC=C(OC)C4)[C@H]3CC[C@@]12C. The van der Waals surface area contributed by atoms with Crippen LogP contribution in [0.3, 0.4) is 0 Å². The fraction of sp³-hybridized carbons (Fsp3) is 0.818. The van der Waals surface area contributed by atoms with E-state index in [1.54, 1.807) is 11.1 Å². The average molecular weight is 328 g/mol. The predicted molar refractivity (Wildman–Crippen MR) is 95.5 cm³/mol. The Bertz CT molecular complexity index is 617. The molecule has 0 bridgehead atoms. The lowest BCUT2D eigenvalue weighted by Crippen LogP contribution is -2.48. The summed E-state index contributed by atoms with van der Waals surface area (Å²) in [4.78, 5) is 0. The van der Waals surface area contributed by atoms with E-state index in [-0.39, 0.29) is 5.60 Å². The van der Waals surface area contributed by atoms with Crippen molar-refractivity contribution in [1.29, 1.82) is 0 Å². The molecule has 0 radical (unpaired) electrons. The van der Waals surface area contributed by atoms with Gasteiger partial charge < -0.3 is 9.47 Å². The van der Waals surface area contributed by atoms with Crippen molar-refractivity contribution >= 4 is 0 Å². The Balaban J connectivity index is 1.42. The highest BCUT2D eigenvalue weighted by Crippen LogP contribution is 2.75. The van der Waals surface area contributed by atoms with Crippen LogP contribution < -0.4 is 0 Å². The maximum Gasteiger partial charge on any atom is 0.0959 e. The third kappa shape index (κ3) is 1.81. The summed E-state index contributed by atoms with van der Waals surface area (Å²) in [5.74, 6) is 4.75. The van der Waals surface area contributed by atoms with Gasteiger partial charge in [0.2, 0.25) is 0 Å². The second-order valence-electron chi connectivity index (χ2n) is 9.22. The van der Waals surface area contributed by atoms with Gasteiger partial charge in [-0.1, -0.05) is 18.1 Å². The van der Waals surface area contributed by atoms with Gasteiger partial charge in [-0.25, -0.2) is 0 Å². The van der Waals surface area contributed by atoms with E-state index >= 15 is 0 Å². The average Bonchev–Trinajstić information content (AvgIpc) is 3.25. The normalized spacial score (nSPS) is 48.9. The highest BCUT2D eigenvalue weighted by Gasteiger charge is 2.75. The Morgan fingerprint density at radius 2 is 2.17 bits per heavy atom. The quantitative estimate of drug-likeness (QED) is 0.659. The highest BCUT2D eigenvalue weighted by molar-refractivity contribution is 5.34. The Kier molecular flexibility index (Phi) is 3.31. The summed E-state index contributed by atoms with van der Waals surface area (Å²) < 4.78 is 11.9. The topological polar surface area (TPSA) is 18.5 Å². The van der Waals surface area contributed by atoms with E-state index in [1.165, 1.54) is 44.3 Å². The van der Waals surface area contributed by atoms with Crippen LogP contribution in [-0.2, 0) is 9.47 Å². The Morgan fingerprint density at radius 1 is 1.29 bits per heavy atom. The standard InChI is InChI=1S/C22H32O2/c1-4-24-22-13-15(22)12-20-19-7-5-14-11-16(23-3)6-8-17(14)18(19)9-10-21(20,22)2/h6,15,18-20H,4-5,7-13H2,1-3H3/t15-,18+,19+,20-,21-,22-/m0/s1. The fourth-order valence-electron chi connectivity index (χ4n) is 7.51. The lowest BCUT2D eigenvalue weighted by molar-refractivity contribution is -0.0997. The van der Waals surface area contributed by atoms with Crippen molar-refractivity contribution in [2.24, 2.45) is 29.1 Å². The molecule has 0 saturated heterocycles. The highest BCUT2D eigenvalue weighted by atomic mass is 16.5. The van der Waals surface area contributed by atoms with Gasteiger partial charge in [-0.3, -0.25) is 0 Å². The van der Waals surface area contributed by atoms with E-state index in [2.05, 4.69) is 19.9 Å². The van der Waals surface area contributed by atoms with Crippen LogP contribution in [0.15, 0.2) is 23.0 Å². The summed E-state index contributed by atoms with van der Waals surface area (Å²) >= 11 is 0. The van der Waals surface area contributed by atoms with E-state index in [4.69, 9.17) is 9.47 Å². The number of fused-ring (bicyclic) bond motifs is 6. The van der Waals surface area contributed by atoms with Crippen molar-refractivity contribution in [2.45, 2.75) is 70.8 Å². The second kappa shape index (κ2) is 5.13. The van der Waals surface area contributed by atoms with E-state index in [0.29, 0.717) is 5.41 Å². The van der Waals surface area contributed by atoms with Gasteiger partial charge in [0.15, 0.2) is 0 Å². The minimum Gasteiger partial charge on any atom is -0.501 e. The molecule has 0 N–H and O–H groups in total. The molecule has 0 unspecified atom stereocenters. The first-order valence-electron chi connectivity index (χ1n) is 10.2. The van der Waals surface area contributed by atoms with Crippen LogP contribution in [0.5, 0.6) is 0 Å². The third-order valence-corrected chi connectivity index (χ3v) is 8.66. The molecule has 0 aromatic rings. The summed E-state index contributed by atoms with van der Waals surface area (Å²) in [7, 11) is 1.83. The first kappa shape index (κ1) is 15.5. The summed E-state index contributed by atoms with van der Waals surface area (Å²) in [6.07, 6.45) is 12.9. The molecule has 3 fully saturated rings. The zero-order valence-electron chi connectivity index (χ0n) is 15.6. The number of hydrogen-bond acceptors (Lipinski definition) is 2. The van der Waals surface area contributed by atoms with Crippen LogP contribution in [0.25, 0.3) is 0 Å². The predicted octanol–water partition coefficient (Wildman–Crippen LogP) is 5.25. The lowest BCUT2D eigenvalue weighted by atomic mass is 9.53. The van der Waals surface area contributed by atoms with Crippen LogP contribution in [0, 0.1) is 29.1 Å². The molecule has 6 atom stereocenters. The molecule has 0 heterocycles. The zero-order chi connectivity index (χ0) is 16.5. The van der Waals surface area contributed by atoms with Crippen LogP contribution in [0.1, 0.15) is 65.2 Å². The van der Waals surface area contributed by atoms with Gasteiger partial charge in [0.1, 0.15) is 0 Å². The molecule has 3 saturated carbocycles. The molecule has 5 aliphatic carbocycles. The van der Waals surface area contributed by atoms with Gasteiger partial charge in [0.25, 0.3) is 0 Å². The summed E-state index contributed by atoms with van der Waals surface area (Å²) in [5, 5.41) is 0. The van der Waals surface area contributed by atoms with Gasteiger partial charge in [0, 0.05) is 13.0 Å². The van der Waals surface area contributed by atoms with Crippen LogP contribution in [0.2, 0.25) is 0 Å². The number of ether oxygens (including phenoxy) is 2. The van der Waals surface area contributed by atoms with Crippen molar-refractivity contribution in [1.82, 2.24) is 0 Å². The molecular formula is C22H32O2. The van der Waals surface area contributed by atoms with Gasteiger partial charge in [-0.05, 0) is 87.0 Å². The van der Waals surface area contributed by atoms with Crippen LogP contribution in [0.4, 0.5) is 0 Å². The summed E-state index contributed by atoms with van der Waals surface area (Å²) in [5.41, 5.74) is 4.25. The maximum absolute atomic E-state index is 6.41. The molecule has 0 spiro atoms. The van der Waals surface area contributed by atoms with Gasteiger partial charge in [0.05, 0.1) is 18.5 Å². The minimum absolute atomic E-state index is 0.266. The minimum atomic E-state index is 0.266. The molecule has 0 aromatic carbocycles. The number of rotatable bonds is 3. The molecular weight excluding hydrogens is 296 g/mol. The molecule has 2 heteroatoms. The first-order valence-corrected chi connectivity index (χ1v) is 10.2. The summed E-state index contributed by atoms with van der Waals surface area (Å²) in [6, 6.07) is 0. The van der Waals surface area contributed by atoms with Crippen molar-refractivity contribution in [2.75, 3.05) is 13.7 Å². The third-order valence-electron chi connectivity index (χ3n) is 8.66. The molecule has 5 rings (SSSR count). The zero-order valence-corrected chi connectivity index (χ0v) is 15.6. The van der Waals surface area contributed by atoms with Crippen molar-refractivity contribution in [3.05, 3.63) is 23.0 Å². The van der Waals surface area contributed by atoms with Crippen molar-refractivity contribution in [3.8, 4) is 0 Å². The maximum atomic E-state index is 6.41. The monoisotopic (exact) mass is 328 g/mol.